The van der Waals surface area contributed by atoms with Crippen molar-refractivity contribution in [3.63, 3.8) is 0 Å². The monoisotopic (exact) mass is 118 g/mol. The first kappa shape index (κ1) is 7.59. The van der Waals surface area contributed by atoms with Gasteiger partial charge in [0.15, 0.2) is 5.78 Å². The lowest BCUT2D eigenvalue weighted by molar-refractivity contribution is -0.238. The van der Waals surface area contributed by atoms with Crippen molar-refractivity contribution < 1.29 is 14.9 Å². The van der Waals surface area contributed by atoms with Crippen molar-refractivity contribution >= 4 is 5.78 Å². The molecule has 3 nitrogen and oxygen atoms in total. The fourth-order valence-electron chi connectivity index (χ4n) is 0.230. The third kappa shape index (κ3) is 2.71. The second kappa shape index (κ2) is 3.57. The molecule has 0 saturated carbocycles. The number of ketones is 1. The molecule has 8 heavy (non-hydrogen) atoms. The zero-order valence-corrected chi connectivity index (χ0v) is 5.05. The van der Waals surface area contributed by atoms with Gasteiger partial charge in [-0.25, -0.2) is 4.89 Å². The molecule has 0 bridgehead atoms. The molecule has 0 aromatic rings. The van der Waals surface area contributed by atoms with E-state index in [0.29, 0.717) is 0 Å². The van der Waals surface area contributed by atoms with Crippen LogP contribution in [0.2, 0.25) is 0 Å². The second-order valence-corrected chi connectivity index (χ2v) is 1.89. The molecule has 0 aromatic heterocycles. The molecular weight excluding hydrogens is 108 g/mol. The second-order valence-electron chi connectivity index (χ2n) is 1.89. The van der Waals surface area contributed by atoms with E-state index in [1.54, 1.807) is 13.8 Å². The SMILES string of the molecule is CC(C)C(=O)COO. The van der Waals surface area contributed by atoms with Crippen LogP contribution in [0, 0.1) is 5.92 Å². The molecule has 0 aliphatic carbocycles. The van der Waals surface area contributed by atoms with Crippen LogP contribution in [0.3, 0.4) is 0 Å². The minimum absolute atomic E-state index is 0.0536. The summed E-state index contributed by atoms with van der Waals surface area (Å²) in [5, 5.41) is 7.76. The van der Waals surface area contributed by atoms with E-state index in [2.05, 4.69) is 4.89 Å². The van der Waals surface area contributed by atoms with E-state index >= 15 is 0 Å². The van der Waals surface area contributed by atoms with Crippen molar-refractivity contribution in [3.8, 4) is 0 Å². The van der Waals surface area contributed by atoms with Crippen molar-refractivity contribution in [2.24, 2.45) is 5.92 Å². The highest BCUT2D eigenvalue weighted by atomic mass is 17.1. The van der Waals surface area contributed by atoms with Gasteiger partial charge in [0, 0.05) is 5.92 Å². The van der Waals surface area contributed by atoms with Crippen molar-refractivity contribution in [1.29, 1.82) is 0 Å². The van der Waals surface area contributed by atoms with E-state index in [9.17, 15) is 4.79 Å². The van der Waals surface area contributed by atoms with Crippen LogP contribution in [0.4, 0.5) is 0 Å². The van der Waals surface area contributed by atoms with Gasteiger partial charge in [-0.05, 0) is 0 Å². The summed E-state index contributed by atoms with van der Waals surface area (Å²) in [6, 6.07) is 0. The summed E-state index contributed by atoms with van der Waals surface area (Å²) in [5.41, 5.74) is 0. The number of Topliss-reactive ketones (excluding diaryl/α,β-unsaturated/α-hetero) is 1. The molecule has 0 aliphatic heterocycles. The fourth-order valence-corrected chi connectivity index (χ4v) is 0.230. The Morgan fingerprint density at radius 2 is 2.25 bits per heavy atom. The van der Waals surface area contributed by atoms with Gasteiger partial charge in [-0.3, -0.25) is 10.1 Å². The number of hydrogen-bond donors (Lipinski definition) is 1. The maximum absolute atomic E-state index is 10.5. The standard InChI is InChI=1S/C5H10O3/c1-4(2)5(6)3-8-7/h4,7H,3H2,1-2H3. The highest BCUT2D eigenvalue weighted by Gasteiger charge is 2.05. The predicted octanol–water partition coefficient (Wildman–Crippen LogP) is 0.701. The summed E-state index contributed by atoms with van der Waals surface area (Å²) < 4.78 is 0. The van der Waals surface area contributed by atoms with Crippen molar-refractivity contribution in [2.75, 3.05) is 6.61 Å². The van der Waals surface area contributed by atoms with Gasteiger partial charge in [0.1, 0.15) is 6.61 Å². The summed E-state index contributed by atoms with van der Waals surface area (Å²) >= 11 is 0. The number of hydrogen-bond acceptors (Lipinski definition) is 3. The quantitative estimate of drug-likeness (QED) is 0.438. The van der Waals surface area contributed by atoms with Crippen LogP contribution in [0.25, 0.3) is 0 Å². The molecule has 0 spiro atoms. The Balaban J connectivity index is 3.33. The topological polar surface area (TPSA) is 46.5 Å². The summed E-state index contributed by atoms with van der Waals surface area (Å²) in [6.45, 7) is 3.31. The normalized spacial score (nSPS) is 10.0. The highest BCUT2D eigenvalue weighted by Crippen LogP contribution is 1.92. The molecule has 48 valence electrons. The Bertz CT molecular complexity index is 77.7. The lowest BCUT2D eigenvalue weighted by Crippen LogP contribution is -2.13. The first-order valence-electron chi connectivity index (χ1n) is 2.47. The molecule has 0 heterocycles. The van der Waals surface area contributed by atoms with Crippen LogP contribution in [0.15, 0.2) is 0 Å². The third-order valence-corrected chi connectivity index (χ3v) is 0.851. The zero-order chi connectivity index (χ0) is 6.57. The van der Waals surface area contributed by atoms with Crippen molar-refractivity contribution in [1.82, 2.24) is 0 Å². The Morgan fingerprint density at radius 3 is 2.38 bits per heavy atom. The molecule has 0 radical (unpaired) electrons. The van der Waals surface area contributed by atoms with Gasteiger partial charge in [-0.1, -0.05) is 13.8 Å². The van der Waals surface area contributed by atoms with Gasteiger partial charge in [0.05, 0.1) is 0 Å². The smallest absolute Gasteiger partial charge is 0.164 e. The maximum Gasteiger partial charge on any atom is 0.164 e. The summed E-state index contributed by atoms with van der Waals surface area (Å²) in [5.74, 6) is -0.144. The lowest BCUT2D eigenvalue weighted by Gasteiger charge is -1.98. The first-order chi connectivity index (χ1) is 3.68. The molecule has 0 aliphatic rings. The van der Waals surface area contributed by atoms with E-state index in [-0.39, 0.29) is 18.3 Å². The molecule has 3 heteroatoms. The molecule has 0 atom stereocenters. The molecule has 1 N–H and O–H groups in total. The van der Waals surface area contributed by atoms with Crippen molar-refractivity contribution in [3.05, 3.63) is 0 Å². The largest absolute Gasteiger partial charge is 0.297 e. The van der Waals surface area contributed by atoms with Gasteiger partial charge in [0.2, 0.25) is 0 Å². The maximum atomic E-state index is 10.5. The van der Waals surface area contributed by atoms with E-state index in [0.717, 1.165) is 0 Å². The van der Waals surface area contributed by atoms with Crippen LogP contribution in [-0.4, -0.2) is 17.6 Å². The zero-order valence-electron chi connectivity index (χ0n) is 5.05. The highest BCUT2D eigenvalue weighted by molar-refractivity contribution is 5.81. The fraction of sp³-hybridized carbons (Fsp3) is 0.800. The molecule has 0 unspecified atom stereocenters. The van der Waals surface area contributed by atoms with Gasteiger partial charge in [-0.2, -0.15) is 0 Å². The minimum atomic E-state index is -0.197. The predicted molar refractivity (Wildman–Crippen MR) is 28.4 cm³/mol. The third-order valence-electron chi connectivity index (χ3n) is 0.851. The lowest BCUT2D eigenvalue weighted by atomic mass is 10.1. The summed E-state index contributed by atoms with van der Waals surface area (Å²) in [4.78, 5) is 14.1. The Kier molecular flexibility index (Phi) is 3.39. The van der Waals surface area contributed by atoms with E-state index in [1.165, 1.54) is 0 Å². The number of carbonyl (C=O) groups is 1. The van der Waals surface area contributed by atoms with Gasteiger partial charge in [0.25, 0.3) is 0 Å². The average molecular weight is 118 g/mol. The van der Waals surface area contributed by atoms with Gasteiger partial charge in [-0.15, -0.1) is 0 Å². The van der Waals surface area contributed by atoms with Crippen molar-refractivity contribution in [2.45, 2.75) is 13.8 Å². The molecule has 0 aromatic carbocycles. The molecule has 0 rings (SSSR count). The first-order valence-corrected chi connectivity index (χ1v) is 2.47. The molecule has 0 amide bonds. The van der Waals surface area contributed by atoms with Crippen LogP contribution in [0.5, 0.6) is 0 Å². The Hall–Kier alpha value is -0.410. The van der Waals surface area contributed by atoms with E-state index < -0.39 is 0 Å². The number of rotatable bonds is 3. The number of carbonyl (C=O) groups excluding carboxylic acids is 1. The Labute approximate surface area is 48.2 Å². The minimum Gasteiger partial charge on any atom is -0.297 e. The van der Waals surface area contributed by atoms with Crippen LogP contribution in [0.1, 0.15) is 13.8 Å². The van der Waals surface area contributed by atoms with Crippen LogP contribution in [-0.2, 0) is 9.68 Å². The molecule has 0 fully saturated rings. The van der Waals surface area contributed by atoms with E-state index in [1.807, 2.05) is 0 Å². The van der Waals surface area contributed by atoms with Crippen LogP contribution < -0.4 is 0 Å². The Morgan fingerprint density at radius 1 is 1.75 bits per heavy atom. The molecular formula is C5H10O3. The van der Waals surface area contributed by atoms with Crippen LogP contribution >= 0.6 is 0 Å². The van der Waals surface area contributed by atoms with Gasteiger partial charge >= 0.3 is 0 Å². The van der Waals surface area contributed by atoms with E-state index in [4.69, 9.17) is 5.26 Å². The molecule has 0 saturated heterocycles. The summed E-state index contributed by atoms with van der Waals surface area (Å²) in [7, 11) is 0. The summed E-state index contributed by atoms with van der Waals surface area (Å²) in [6.07, 6.45) is 0. The van der Waals surface area contributed by atoms with Gasteiger partial charge < -0.3 is 0 Å². The average Bonchev–Trinajstić information content (AvgIpc) is 1.67.